The third kappa shape index (κ3) is 5.82. The van der Waals surface area contributed by atoms with E-state index in [0.29, 0.717) is 16.8 Å². The molecule has 5 nitrogen and oxygen atoms in total. The Labute approximate surface area is 174 Å². The zero-order valence-corrected chi connectivity index (χ0v) is 18.1. The lowest BCUT2D eigenvalue weighted by atomic mass is 10.0. The second-order valence-corrected chi connectivity index (χ2v) is 9.06. The van der Waals surface area contributed by atoms with Gasteiger partial charge in [0.1, 0.15) is 0 Å². The fourth-order valence-electron chi connectivity index (χ4n) is 3.27. The molecule has 1 aliphatic rings. The Morgan fingerprint density at radius 1 is 1.29 bits per heavy atom. The van der Waals surface area contributed by atoms with E-state index in [4.69, 9.17) is 0 Å². The number of aromatic nitrogens is 1. The summed E-state index contributed by atoms with van der Waals surface area (Å²) in [6.07, 6.45) is 3.28. The number of rotatable bonds is 7. The molecule has 2 amide bonds. The van der Waals surface area contributed by atoms with Crippen molar-refractivity contribution in [2.45, 2.75) is 33.1 Å². The molecule has 0 saturated carbocycles. The van der Waals surface area contributed by atoms with Crippen LogP contribution in [0, 0.1) is 5.92 Å². The van der Waals surface area contributed by atoms with Crippen LogP contribution in [0.25, 0.3) is 11.3 Å². The molecular weight excluding hydrogens is 390 g/mol. The summed E-state index contributed by atoms with van der Waals surface area (Å²) in [5, 5.41) is 5.38. The van der Waals surface area contributed by atoms with E-state index in [9.17, 15) is 9.59 Å². The number of aryl methyl sites for hydroxylation is 1. The number of likely N-dealkylation sites (tertiary alicyclic amines) is 1. The predicted molar refractivity (Wildman–Crippen MR) is 118 cm³/mol. The van der Waals surface area contributed by atoms with Gasteiger partial charge in [-0.2, -0.15) is 0 Å². The lowest BCUT2D eigenvalue weighted by molar-refractivity contribution is -0.130. The first-order chi connectivity index (χ1) is 13.5. The van der Waals surface area contributed by atoms with Crippen LogP contribution in [0.5, 0.6) is 0 Å². The summed E-state index contributed by atoms with van der Waals surface area (Å²) in [6.45, 7) is 5.99. The van der Waals surface area contributed by atoms with E-state index in [1.165, 1.54) is 35.1 Å². The van der Waals surface area contributed by atoms with E-state index in [2.05, 4.69) is 48.4 Å². The number of piperidine rings is 1. The fourth-order valence-corrected chi connectivity index (χ4v) is 4.72. The van der Waals surface area contributed by atoms with E-state index in [1.54, 1.807) is 0 Å². The van der Waals surface area contributed by atoms with E-state index in [1.807, 2.05) is 10.3 Å². The monoisotopic (exact) mass is 417 g/mol. The van der Waals surface area contributed by atoms with Gasteiger partial charge < -0.3 is 10.2 Å². The highest BCUT2D eigenvalue weighted by Gasteiger charge is 2.20. The highest BCUT2D eigenvalue weighted by Crippen LogP contribution is 2.25. The SMILES string of the molecule is CCc1ccc(-c2csc(NC(=O)CSCC(=O)N3CCC[C@@H](C)C3)n2)cc1. The number of benzene rings is 1. The van der Waals surface area contributed by atoms with Crippen LogP contribution in [0.2, 0.25) is 0 Å². The quantitative estimate of drug-likeness (QED) is 0.729. The molecule has 0 unspecified atom stereocenters. The number of nitrogens with one attached hydrogen (secondary N) is 1. The minimum atomic E-state index is -0.118. The molecule has 2 heterocycles. The summed E-state index contributed by atoms with van der Waals surface area (Å²) < 4.78 is 0. The third-order valence-electron chi connectivity index (χ3n) is 4.88. The largest absolute Gasteiger partial charge is 0.342 e. The highest BCUT2D eigenvalue weighted by atomic mass is 32.2. The van der Waals surface area contributed by atoms with Gasteiger partial charge >= 0.3 is 0 Å². The predicted octanol–water partition coefficient (Wildman–Crippen LogP) is 4.30. The lowest BCUT2D eigenvalue weighted by Crippen LogP contribution is -2.40. The summed E-state index contributed by atoms with van der Waals surface area (Å²) in [5.41, 5.74) is 3.20. The van der Waals surface area contributed by atoms with Gasteiger partial charge in [-0.3, -0.25) is 9.59 Å². The van der Waals surface area contributed by atoms with Gasteiger partial charge in [0.2, 0.25) is 11.8 Å². The van der Waals surface area contributed by atoms with Gasteiger partial charge in [0.25, 0.3) is 0 Å². The third-order valence-corrected chi connectivity index (χ3v) is 6.55. The molecule has 1 aromatic carbocycles. The van der Waals surface area contributed by atoms with Gasteiger partial charge in [-0.1, -0.05) is 38.1 Å². The summed E-state index contributed by atoms with van der Waals surface area (Å²) in [5.74, 6) is 1.20. The van der Waals surface area contributed by atoms with Crippen LogP contribution in [0.1, 0.15) is 32.3 Å². The number of nitrogens with zero attached hydrogens (tertiary/aromatic N) is 2. The van der Waals surface area contributed by atoms with Crippen LogP contribution >= 0.6 is 23.1 Å². The Hall–Kier alpha value is -1.86. The standard InChI is InChI=1S/C21H27N3O2S2/c1-3-16-6-8-17(9-7-16)18-12-28-21(22-18)23-19(25)13-27-14-20(26)24-10-4-5-15(2)11-24/h6-9,12,15H,3-5,10-11,13-14H2,1-2H3,(H,22,23,25)/t15-/m1/s1. The van der Waals surface area contributed by atoms with Gasteiger partial charge in [0.15, 0.2) is 5.13 Å². The van der Waals surface area contributed by atoms with Crippen LogP contribution in [0.15, 0.2) is 29.6 Å². The minimum Gasteiger partial charge on any atom is -0.342 e. The Balaban J connectivity index is 1.43. The van der Waals surface area contributed by atoms with E-state index in [0.717, 1.165) is 37.2 Å². The molecule has 1 aromatic heterocycles. The maximum atomic E-state index is 12.3. The molecule has 0 radical (unpaired) electrons. The smallest absolute Gasteiger partial charge is 0.236 e. The van der Waals surface area contributed by atoms with Crippen LogP contribution in [-0.2, 0) is 16.0 Å². The maximum absolute atomic E-state index is 12.3. The molecule has 7 heteroatoms. The number of carbonyl (C=O) groups is 2. The Bertz CT molecular complexity index is 804. The number of amides is 2. The molecule has 2 aromatic rings. The van der Waals surface area contributed by atoms with Gasteiger partial charge in [0, 0.05) is 24.0 Å². The highest BCUT2D eigenvalue weighted by molar-refractivity contribution is 8.00. The lowest BCUT2D eigenvalue weighted by Gasteiger charge is -2.30. The Morgan fingerprint density at radius 2 is 2.07 bits per heavy atom. The number of anilines is 1. The van der Waals surface area contributed by atoms with Crippen molar-refractivity contribution in [2.24, 2.45) is 5.92 Å². The molecule has 1 atom stereocenters. The number of thiazole rings is 1. The van der Waals surface area contributed by atoms with Crippen molar-refractivity contribution < 1.29 is 9.59 Å². The average molecular weight is 418 g/mol. The van der Waals surface area contributed by atoms with E-state index >= 15 is 0 Å². The summed E-state index contributed by atoms with van der Waals surface area (Å²) >= 11 is 2.78. The molecule has 1 aliphatic heterocycles. The molecule has 0 spiro atoms. The first-order valence-electron chi connectivity index (χ1n) is 9.75. The van der Waals surface area contributed by atoms with Crippen LogP contribution in [-0.4, -0.2) is 46.3 Å². The number of carbonyl (C=O) groups excluding carboxylic acids is 2. The second-order valence-electron chi connectivity index (χ2n) is 7.22. The van der Waals surface area contributed by atoms with Gasteiger partial charge in [-0.15, -0.1) is 23.1 Å². The molecular formula is C21H27N3O2S2. The normalized spacial score (nSPS) is 16.8. The van der Waals surface area contributed by atoms with Crippen molar-refractivity contribution in [1.82, 2.24) is 9.88 Å². The summed E-state index contributed by atoms with van der Waals surface area (Å²) in [4.78, 5) is 30.8. The zero-order chi connectivity index (χ0) is 19.9. The summed E-state index contributed by atoms with van der Waals surface area (Å²) in [7, 11) is 0. The molecule has 3 rings (SSSR count). The van der Waals surface area contributed by atoms with Crippen LogP contribution in [0.3, 0.4) is 0 Å². The number of thioether (sulfide) groups is 1. The molecule has 0 bridgehead atoms. The summed E-state index contributed by atoms with van der Waals surface area (Å²) in [6, 6.07) is 8.32. The molecule has 28 heavy (non-hydrogen) atoms. The van der Waals surface area contributed by atoms with Crippen molar-refractivity contribution in [1.29, 1.82) is 0 Å². The first-order valence-corrected chi connectivity index (χ1v) is 11.8. The van der Waals surface area contributed by atoms with Crippen molar-refractivity contribution >= 4 is 40.0 Å². The van der Waals surface area contributed by atoms with E-state index < -0.39 is 0 Å². The van der Waals surface area contributed by atoms with E-state index in [-0.39, 0.29) is 17.6 Å². The van der Waals surface area contributed by atoms with Crippen LogP contribution < -0.4 is 5.32 Å². The van der Waals surface area contributed by atoms with Crippen molar-refractivity contribution in [3.05, 3.63) is 35.2 Å². The van der Waals surface area contributed by atoms with Crippen molar-refractivity contribution in [3.63, 3.8) is 0 Å². The molecule has 0 aliphatic carbocycles. The Morgan fingerprint density at radius 3 is 2.79 bits per heavy atom. The van der Waals surface area contributed by atoms with Crippen molar-refractivity contribution in [3.8, 4) is 11.3 Å². The number of hydrogen-bond acceptors (Lipinski definition) is 5. The topological polar surface area (TPSA) is 62.3 Å². The molecule has 1 saturated heterocycles. The van der Waals surface area contributed by atoms with Crippen LogP contribution in [0.4, 0.5) is 5.13 Å². The molecule has 1 N–H and O–H groups in total. The first kappa shape index (κ1) is 20.9. The Kier molecular flexibility index (Phi) is 7.50. The molecule has 1 fully saturated rings. The van der Waals surface area contributed by atoms with Gasteiger partial charge in [-0.25, -0.2) is 4.98 Å². The zero-order valence-electron chi connectivity index (χ0n) is 16.4. The van der Waals surface area contributed by atoms with Crippen molar-refractivity contribution in [2.75, 3.05) is 29.9 Å². The van der Waals surface area contributed by atoms with Gasteiger partial charge in [0.05, 0.1) is 17.2 Å². The molecule has 150 valence electrons. The minimum absolute atomic E-state index is 0.118. The van der Waals surface area contributed by atoms with Gasteiger partial charge in [-0.05, 0) is 30.7 Å². The fraction of sp³-hybridized carbons (Fsp3) is 0.476. The maximum Gasteiger partial charge on any atom is 0.236 e. The average Bonchev–Trinajstić information content (AvgIpc) is 3.16. The second kappa shape index (κ2) is 10.1. The number of hydrogen-bond donors (Lipinski definition) is 1.